The molecule has 0 aliphatic carbocycles. The lowest BCUT2D eigenvalue weighted by atomic mass is 10.0. The highest BCUT2D eigenvalue weighted by molar-refractivity contribution is 5.93. The van der Waals surface area contributed by atoms with E-state index in [1.165, 1.54) is 0 Å². The molecule has 1 saturated heterocycles. The third-order valence-electron chi connectivity index (χ3n) is 3.26. The summed E-state index contributed by atoms with van der Waals surface area (Å²) >= 11 is 0. The maximum Gasteiger partial charge on any atom is 0.246 e. The Morgan fingerprint density at radius 3 is 2.80 bits per heavy atom. The molecule has 0 aromatic heterocycles. The standard InChI is InChI=1S/C15H27N3O2/c1-12(2)11-13-15(20)16-8-6-10-18(13)14(19)7-5-9-17(3)4/h5,7,12-13H,6,8-11H2,1-4H3,(H,16,20)/b7-5+. The predicted molar refractivity (Wildman–Crippen MR) is 80.3 cm³/mol. The lowest BCUT2D eigenvalue weighted by Gasteiger charge is -2.28. The molecule has 0 radical (unpaired) electrons. The van der Waals surface area contributed by atoms with Crippen molar-refractivity contribution in [3.63, 3.8) is 0 Å². The number of nitrogens with one attached hydrogen (secondary N) is 1. The summed E-state index contributed by atoms with van der Waals surface area (Å²) in [6, 6.07) is -0.339. The number of carbonyl (C=O) groups excluding carboxylic acids is 2. The normalized spacial score (nSPS) is 20.6. The maximum absolute atomic E-state index is 12.3. The number of carbonyl (C=O) groups is 2. The van der Waals surface area contributed by atoms with Gasteiger partial charge in [0.15, 0.2) is 0 Å². The van der Waals surface area contributed by atoms with E-state index in [0.29, 0.717) is 25.4 Å². The van der Waals surface area contributed by atoms with E-state index in [4.69, 9.17) is 0 Å². The number of amides is 2. The summed E-state index contributed by atoms with van der Waals surface area (Å²) in [7, 11) is 3.91. The molecule has 0 spiro atoms. The van der Waals surface area contributed by atoms with Crippen LogP contribution in [0.4, 0.5) is 0 Å². The Balaban J connectivity index is 2.77. The molecule has 1 heterocycles. The molecule has 0 aromatic carbocycles. The Kier molecular flexibility index (Phi) is 6.71. The SMILES string of the molecule is CC(C)CC1C(=O)NCCCN1C(=O)/C=C/CN(C)C. The van der Waals surface area contributed by atoms with E-state index in [2.05, 4.69) is 19.2 Å². The summed E-state index contributed by atoms with van der Waals surface area (Å²) < 4.78 is 0. The Hall–Kier alpha value is -1.36. The van der Waals surface area contributed by atoms with E-state index < -0.39 is 0 Å². The number of nitrogens with zero attached hydrogens (tertiary/aromatic N) is 2. The molecule has 1 aliphatic rings. The third kappa shape index (κ3) is 5.33. The highest BCUT2D eigenvalue weighted by Crippen LogP contribution is 2.15. The molecule has 0 bridgehead atoms. The zero-order valence-electron chi connectivity index (χ0n) is 13.1. The first-order valence-electron chi connectivity index (χ1n) is 7.31. The van der Waals surface area contributed by atoms with Gasteiger partial charge in [-0.3, -0.25) is 9.59 Å². The minimum Gasteiger partial charge on any atom is -0.354 e. The maximum atomic E-state index is 12.3. The Morgan fingerprint density at radius 1 is 1.50 bits per heavy atom. The van der Waals surface area contributed by atoms with Crippen molar-refractivity contribution < 1.29 is 9.59 Å². The number of likely N-dealkylation sites (N-methyl/N-ethyl adjacent to an activating group) is 1. The minimum atomic E-state index is -0.339. The van der Waals surface area contributed by atoms with Crippen molar-refractivity contribution in [3.8, 4) is 0 Å². The fourth-order valence-corrected chi connectivity index (χ4v) is 2.28. The highest BCUT2D eigenvalue weighted by Gasteiger charge is 2.30. The van der Waals surface area contributed by atoms with Gasteiger partial charge in [-0.25, -0.2) is 0 Å². The summed E-state index contributed by atoms with van der Waals surface area (Å²) in [6.45, 7) is 6.16. The van der Waals surface area contributed by atoms with E-state index in [-0.39, 0.29) is 17.9 Å². The van der Waals surface area contributed by atoms with Crippen LogP contribution in [0.1, 0.15) is 26.7 Å². The first-order valence-corrected chi connectivity index (χ1v) is 7.31. The van der Waals surface area contributed by atoms with Crippen LogP contribution in [0.15, 0.2) is 12.2 Å². The lowest BCUT2D eigenvalue weighted by Crippen LogP contribution is -2.47. The fraction of sp³-hybridized carbons (Fsp3) is 0.733. The molecule has 2 amide bonds. The van der Waals surface area contributed by atoms with Gasteiger partial charge in [-0.1, -0.05) is 19.9 Å². The summed E-state index contributed by atoms with van der Waals surface area (Å²) in [5.41, 5.74) is 0. The topological polar surface area (TPSA) is 52.7 Å². The molecule has 1 atom stereocenters. The van der Waals surface area contributed by atoms with Crippen LogP contribution in [0.3, 0.4) is 0 Å². The van der Waals surface area contributed by atoms with Crippen LogP contribution in [-0.4, -0.2) is 61.4 Å². The van der Waals surface area contributed by atoms with Gasteiger partial charge in [0, 0.05) is 25.7 Å². The number of rotatable bonds is 5. The molecule has 1 fully saturated rings. The molecule has 1 unspecified atom stereocenters. The minimum absolute atomic E-state index is 0.0226. The average Bonchev–Trinajstić information content (AvgIpc) is 2.51. The van der Waals surface area contributed by atoms with Crippen LogP contribution in [0.2, 0.25) is 0 Å². The highest BCUT2D eigenvalue weighted by atomic mass is 16.2. The van der Waals surface area contributed by atoms with Crippen LogP contribution in [-0.2, 0) is 9.59 Å². The first kappa shape index (κ1) is 16.7. The van der Waals surface area contributed by atoms with Gasteiger partial charge in [-0.15, -0.1) is 0 Å². The molecule has 1 N–H and O–H groups in total. The van der Waals surface area contributed by atoms with Gasteiger partial charge in [0.1, 0.15) is 6.04 Å². The van der Waals surface area contributed by atoms with E-state index in [1.54, 1.807) is 11.0 Å². The Morgan fingerprint density at radius 2 is 2.20 bits per heavy atom. The second-order valence-electron chi connectivity index (χ2n) is 5.99. The van der Waals surface area contributed by atoms with Crippen molar-refractivity contribution >= 4 is 11.8 Å². The molecular weight excluding hydrogens is 254 g/mol. The van der Waals surface area contributed by atoms with E-state index in [1.807, 2.05) is 25.1 Å². The van der Waals surface area contributed by atoms with E-state index >= 15 is 0 Å². The second kappa shape index (κ2) is 8.04. The van der Waals surface area contributed by atoms with Gasteiger partial charge in [0.25, 0.3) is 0 Å². The predicted octanol–water partition coefficient (Wildman–Crippen LogP) is 0.867. The van der Waals surface area contributed by atoms with Crippen LogP contribution in [0, 0.1) is 5.92 Å². The van der Waals surface area contributed by atoms with E-state index in [0.717, 1.165) is 13.0 Å². The third-order valence-corrected chi connectivity index (χ3v) is 3.26. The van der Waals surface area contributed by atoms with Crippen LogP contribution in [0.25, 0.3) is 0 Å². The molecule has 5 nitrogen and oxygen atoms in total. The van der Waals surface area contributed by atoms with Gasteiger partial charge in [-0.05, 0) is 32.9 Å². The van der Waals surface area contributed by atoms with Crippen LogP contribution >= 0.6 is 0 Å². The molecule has 0 saturated carbocycles. The summed E-state index contributed by atoms with van der Waals surface area (Å²) in [4.78, 5) is 28.1. The van der Waals surface area contributed by atoms with Gasteiger partial charge >= 0.3 is 0 Å². The van der Waals surface area contributed by atoms with Gasteiger partial charge < -0.3 is 15.1 Å². The molecule has 1 rings (SSSR count). The van der Waals surface area contributed by atoms with Crippen LogP contribution in [0.5, 0.6) is 0 Å². The Bertz CT molecular complexity index is 364. The molecular formula is C15H27N3O2. The fourth-order valence-electron chi connectivity index (χ4n) is 2.28. The Labute approximate surface area is 122 Å². The molecule has 20 heavy (non-hydrogen) atoms. The molecule has 114 valence electrons. The average molecular weight is 281 g/mol. The molecule has 5 heteroatoms. The van der Waals surface area contributed by atoms with Crippen molar-refractivity contribution in [1.82, 2.24) is 15.1 Å². The van der Waals surface area contributed by atoms with Crippen molar-refractivity contribution in [2.24, 2.45) is 5.92 Å². The number of hydrogen-bond acceptors (Lipinski definition) is 3. The zero-order chi connectivity index (χ0) is 15.1. The quantitative estimate of drug-likeness (QED) is 0.761. The van der Waals surface area contributed by atoms with E-state index in [9.17, 15) is 9.59 Å². The number of hydrogen-bond donors (Lipinski definition) is 1. The van der Waals surface area contributed by atoms with Crippen molar-refractivity contribution in [1.29, 1.82) is 0 Å². The smallest absolute Gasteiger partial charge is 0.246 e. The second-order valence-corrected chi connectivity index (χ2v) is 5.99. The van der Waals surface area contributed by atoms with Crippen molar-refractivity contribution in [2.45, 2.75) is 32.7 Å². The van der Waals surface area contributed by atoms with Gasteiger partial charge in [0.05, 0.1) is 0 Å². The van der Waals surface area contributed by atoms with Crippen molar-refractivity contribution in [2.75, 3.05) is 33.7 Å². The first-order chi connectivity index (χ1) is 9.41. The van der Waals surface area contributed by atoms with Gasteiger partial charge in [0.2, 0.25) is 11.8 Å². The van der Waals surface area contributed by atoms with Crippen LogP contribution < -0.4 is 5.32 Å². The molecule has 1 aliphatic heterocycles. The lowest BCUT2D eigenvalue weighted by molar-refractivity contribution is -0.136. The van der Waals surface area contributed by atoms with Gasteiger partial charge in [-0.2, -0.15) is 0 Å². The largest absolute Gasteiger partial charge is 0.354 e. The zero-order valence-corrected chi connectivity index (χ0v) is 13.1. The summed E-state index contributed by atoms with van der Waals surface area (Å²) in [5, 5.41) is 2.89. The van der Waals surface area contributed by atoms with Crippen molar-refractivity contribution in [3.05, 3.63) is 12.2 Å². The summed E-state index contributed by atoms with van der Waals surface area (Å²) in [5.74, 6) is 0.296. The monoisotopic (exact) mass is 281 g/mol. The summed E-state index contributed by atoms with van der Waals surface area (Å²) in [6.07, 6.45) is 4.95. The molecule has 0 aromatic rings.